The lowest BCUT2D eigenvalue weighted by atomic mass is 9.93. The maximum atomic E-state index is 8.91. The van der Waals surface area contributed by atoms with Crippen LogP contribution in [0.4, 0.5) is 10.8 Å². The molecule has 0 aliphatic rings. The molecule has 0 amide bonds. The van der Waals surface area contributed by atoms with Crippen molar-refractivity contribution in [3.63, 3.8) is 0 Å². The lowest BCUT2D eigenvalue weighted by Gasteiger charge is -2.14. The normalized spacial score (nSPS) is 11.1. The molecule has 1 N–H and O–H groups in total. The number of aromatic nitrogens is 1. The second-order valence-corrected chi connectivity index (χ2v) is 6.41. The Morgan fingerprint density at radius 2 is 2.05 bits per heavy atom. The first-order chi connectivity index (χ1) is 8.90. The standard InChI is InChI=1S/C15H17N3S/c1-10-7-12(6-5-11(10)8-16)17-14-18-13(9-19-14)15(2,3)4/h5-7,9H,1-4H3,(H,17,18). The summed E-state index contributed by atoms with van der Waals surface area (Å²) in [5.74, 6) is 0. The zero-order valence-corrected chi connectivity index (χ0v) is 12.4. The van der Waals surface area contributed by atoms with Gasteiger partial charge in [-0.05, 0) is 30.7 Å². The van der Waals surface area contributed by atoms with E-state index in [2.05, 4.69) is 42.5 Å². The molecule has 0 unspecified atom stereocenters. The lowest BCUT2D eigenvalue weighted by molar-refractivity contribution is 0.573. The molecule has 19 heavy (non-hydrogen) atoms. The van der Waals surface area contributed by atoms with Gasteiger partial charge in [-0.3, -0.25) is 0 Å². The van der Waals surface area contributed by atoms with Crippen LogP contribution in [0, 0.1) is 18.3 Å². The van der Waals surface area contributed by atoms with Crippen LogP contribution in [-0.4, -0.2) is 4.98 Å². The molecule has 0 spiro atoms. The second-order valence-electron chi connectivity index (χ2n) is 5.55. The van der Waals surface area contributed by atoms with Gasteiger partial charge in [0, 0.05) is 16.5 Å². The van der Waals surface area contributed by atoms with E-state index in [1.165, 1.54) is 0 Å². The van der Waals surface area contributed by atoms with E-state index in [0.29, 0.717) is 5.56 Å². The predicted molar refractivity (Wildman–Crippen MR) is 80.0 cm³/mol. The summed E-state index contributed by atoms with van der Waals surface area (Å²) in [5, 5.41) is 15.2. The fraction of sp³-hybridized carbons (Fsp3) is 0.333. The highest BCUT2D eigenvalue weighted by Crippen LogP contribution is 2.28. The van der Waals surface area contributed by atoms with Crippen LogP contribution >= 0.6 is 11.3 Å². The molecule has 4 heteroatoms. The zero-order valence-electron chi connectivity index (χ0n) is 11.6. The van der Waals surface area contributed by atoms with Crippen molar-refractivity contribution in [2.24, 2.45) is 0 Å². The number of rotatable bonds is 2. The van der Waals surface area contributed by atoms with Crippen LogP contribution in [-0.2, 0) is 5.41 Å². The average molecular weight is 271 g/mol. The molecule has 0 radical (unpaired) electrons. The Morgan fingerprint density at radius 3 is 2.58 bits per heavy atom. The number of hydrogen-bond acceptors (Lipinski definition) is 4. The summed E-state index contributed by atoms with van der Waals surface area (Å²) in [4.78, 5) is 4.59. The number of nitrogens with one attached hydrogen (secondary N) is 1. The van der Waals surface area contributed by atoms with Gasteiger partial charge in [0.05, 0.1) is 17.3 Å². The van der Waals surface area contributed by atoms with Crippen molar-refractivity contribution in [1.82, 2.24) is 4.98 Å². The molecule has 0 atom stereocenters. The maximum Gasteiger partial charge on any atom is 0.187 e. The summed E-state index contributed by atoms with van der Waals surface area (Å²) in [5.41, 5.74) is 3.80. The third-order valence-corrected chi connectivity index (χ3v) is 3.63. The average Bonchev–Trinajstić information content (AvgIpc) is 2.77. The molecule has 3 nitrogen and oxygen atoms in total. The van der Waals surface area contributed by atoms with E-state index in [-0.39, 0.29) is 5.41 Å². The first kappa shape index (κ1) is 13.6. The van der Waals surface area contributed by atoms with E-state index in [9.17, 15) is 0 Å². The number of thiazole rings is 1. The summed E-state index contributed by atoms with van der Waals surface area (Å²) in [6, 6.07) is 7.87. The monoisotopic (exact) mass is 271 g/mol. The lowest BCUT2D eigenvalue weighted by Crippen LogP contribution is -2.11. The van der Waals surface area contributed by atoms with Crippen LogP contribution in [0.3, 0.4) is 0 Å². The molecular weight excluding hydrogens is 254 g/mol. The topological polar surface area (TPSA) is 48.7 Å². The fourth-order valence-electron chi connectivity index (χ4n) is 1.67. The summed E-state index contributed by atoms with van der Waals surface area (Å²) >= 11 is 1.60. The Morgan fingerprint density at radius 1 is 1.32 bits per heavy atom. The van der Waals surface area contributed by atoms with E-state index in [0.717, 1.165) is 22.1 Å². The van der Waals surface area contributed by atoms with Gasteiger partial charge in [-0.2, -0.15) is 5.26 Å². The van der Waals surface area contributed by atoms with Crippen molar-refractivity contribution in [2.75, 3.05) is 5.32 Å². The van der Waals surface area contributed by atoms with Crippen LogP contribution in [0.15, 0.2) is 23.6 Å². The molecule has 2 aromatic rings. The number of nitriles is 1. The minimum Gasteiger partial charge on any atom is -0.332 e. The van der Waals surface area contributed by atoms with Gasteiger partial charge in [0.25, 0.3) is 0 Å². The Bertz CT molecular complexity index is 630. The number of anilines is 2. The van der Waals surface area contributed by atoms with E-state index in [1.807, 2.05) is 25.1 Å². The Balaban J connectivity index is 2.20. The van der Waals surface area contributed by atoms with Gasteiger partial charge in [0.1, 0.15) is 0 Å². The molecule has 2 rings (SSSR count). The third kappa shape index (κ3) is 3.12. The molecule has 1 heterocycles. The first-order valence-electron chi connectivity index (χ1n) is 6.14. The number of benzene rings is 1. The maximum absolute atomic E-state index is 8.91. The summed E-state index contributed by atoms with van der Waals surface area (Å²) in [6.45, 7) is 8.39. The van der Waals surface area contributed by atoms with Crippen molar-refractivity contribution >= 4 is 22.2 Å². The van der Waals surface area contributed by atoms with Crippen LogP contribution in [0.5, 0.6) is 0 Å². The van der Waals surface area contributed by atoms with Gasteiger partial charge in [-0.15, -0.1) is 11.3 Å². The SMILES string of the molecule is Cc1cc(Nc2nc(C(C)(C)C)cs2)ccc1C#N. The molecule has 0 saturated heterocycles. The van der Waals surface area contributed by atoms with Crippen molar-refractivity contribution in [2.45, 2.75) is 33.1 Å². The van der Waals surface area contributed by atoms with Crippen LogP contribution in [0.2, 0.25) is 0 Å². The molecule has 98 valence electrons. The highest BCUT2D eigenvalue weighted by atomic mass is 32.1. The number of hydrogen-bond donors (Lipinski definition) is 1. The molecule has 0 aliphatic heterocycles. The summed E-state index contributed by atoms with van der Waals surface area (Å²) in [7, 11) is 0. The molecule has 0 aliphatic carbocycles. The molecule has 0 saturated carbocycles. The number of aryl methyl sites for hydroxylation is 1. The van der Waals surface area contributed by atoms with Crippen LogP contribution < -0.4 is 5.32 Å². The van der Waals surface area contributed by atoms with Crippen molar-refractivity contribution in [1.29, 1.82) is 5.26 Å². The van der Waals surface area contributed by atoms with Gasteiger partial charge >= 0.3 is 0 Å². The third-order valence-electron chi connectivity index (χ3n) is 2.87. The van der Waals surface area contributed by atoms with Gasteiger partial charge in [-0.25, -0.2) is 4.98 Å². The first-order valence-corrected chi connectivity index (χ1v) is 7.02. The largest absolute Gasteiger partial charge is 0.332 e. The summed E-state index contributed by atoms with van der Waals surface area (Å²) < 4.78 is 0. The fourth-order valence-corrected chi connectivity index (χ4v) is 2.62. The van der Waals surface area contributed by atoms with E-state index >= 15 is 0 Å². The molecule has 0 fully saturated rings. The molecule has 0 bridgehead atoms. The van der Waals surface area contributed by atoms with Gasteiger partial charge < -0.3 is 5.32 Å². The molecular formula is C15H17N3S. The zero-order chi connectivity index (χ0) is 14.0. The van der Waals surface area contributed by atoms with Gasteiger partial charge in [0.2, 0.25) is 0 Å². The highest BCUT2D eigenvalue weighted by Gasteiger charge is 2.17. The Hall–Kier alpha value is -1.86. The van der Waals surface area contributed by atoms with E-state index in [1.54, 1.807) is 11.3 Å². The van der Waals surface area contributed by atoms with Crippen molar-refractivity contribution in [3.8, 4) is 6.07 Å². The predicted octanol–water partition coefficient (Wildman–Crippen LogP) is 4.36. The van der Waals surface area contributed by atoms with Gasteiger partial charge in [0.15, 0.2) is 5.13 Å². The summed E-state index contributed by atoms with van der Waals surface area (Å²) in [6.07, 6.45) is 0. The Kier molecular flexibility index (Phi) is 3.59. The second kappa shape index (κ2) is 5.02. The van der Waals surface area contributed by atoms with E-state index < -0.39 is 0 Å². The minimum absolute atomic E-state index is 0.0665. The smallest absolute Gasteiger partial charge is 0.187 e. The van der Waals surface area contributed by atoms with Crippen LogP contribution in [0.1, 0.15) is 37.6 Å². The van der Waals surface area contributed by atoms with Crippen molar-refractivity contribution in [3.05, 3.63) is 40.4 Å². The minimum atomic E-state index is 0.0665. The number of nitrogens with zero attached hydrogens (tertiary/aromatic N) is 2. The quantitative estimate of drug-likeness (QED) is 0.882. The van der Waals surface area contributed by atoms with Gasteiger partial charge in [-0.1, -0.05) is 20.8 Å². The van der Waals surface area contributed by atoms with Crippen LogP contribution in [0.25, 0.3) is 0 Å². The molecule has 1 aromatic carbocycles. The highest BCUT2D eigenvalue weighted by molar-refractivity contribution is 7.13. The van der Waals surface area contributed by atoms with Crippen molar-refractivity contribution < 1.29 is 0 Å². The molecule has 1 aromatic heterocycles. The Labute approximate surface area is 117 Å². The van der Waals surface area contributed by atoms with E-state index in [4.69, 9.17) is 5.26 Å².